The van der Waals surface area contributed by atoms with Gasteiger partial charge in [0.05, 0.1) is 0 Å². The lowest BCUT2D eigenvalue weighted by Crippen LogP contribution is -2.55. The molecule has 1 saturated heterocycles. The molecule has 0 saturated carbocycles. The number of hydrogen-bond donors (Lipinski definition) is 2. The largest absolute Gasteiger partial charge is 0.314 e. The van der Waals surface area contributed by atoms with Crippen molar-refractivity contribution in [1.29, 1.82) is 0 Å². The summed E-state index contributed by atoms with van der Waals surface area (Å²) in [5.74, 6) is 0. The Balaban J connectivity index is 1.89. The Morgan fingerprint density at radius 1 is 1.24 bits per heavy atom. The molecule has 0 spiro atoms. The van der Waals surface area contributed by atoms with Crippen molar-refractivity contribution < 1.29 is 0 Å². The van der Waals surface area contributed by atoms with Gasteiger partial charge in [-0.05, 0) is 24.5 Å². The van der Waals surface area contributed by atoms with Gasteiger partial charge in [-0.2, -0.15) is 0 Å². The van der Waals surface area contributed by atoms with Gasteiger partial charge in [-0.15, -0.1) is 0 Å². The summed E-state index contributed by atoms with van der Waals surface area (Å²) in [7, 11) is 0. The van der Waals surface area contributed by atoms with Crippen LogP contribution in [0.1, 0.15) is 18.1 Å². The van der Waals surface area contributed by atoms with Crippen LogP contribution in [0, 0.1) is 6.17 Å². The Kier molecular flexibility index (Phi) is 3.14. The van der Waals surface area contributed by atoms with E-state index in [9.17, 15) is 0 Å². The van der Waals surface area contributed by atoms with Gasteiger partial charge in [0.15, 0.2) is 0 Å². The minimum absolute atomic E-state index is 0.567. The SMILES string of the molecule is CC1CNCCN1[C]1NCCc2ccccc21. The summed E-state index contributed by atoms with van der Waals surface area (Å²) < 4.78 is 0. The number of hydrogen-bond acceptors (Lipinski definition) is 3. The van der Waals surface area contributed by atoms with E-state index in [1.807, 2.05) is 0 Å². The lowest BCUT2D eigenvalue weighted by molar-refractivity contribution is 0.172. The first kappa shape index (κ1) is 11.2. The summed E-state index contributed by atoms with van der Waals surface area (Å²) in [6, 6.07) is 9.34. The second kappa shape index (κ2) is 4.77. The van der Waals surface area contributed by atoms with Crippen LogP contribution in [0.2, 0.25) is 0 Å². The molecule has 1 fully saturated rings. The van der Waals surface area contributed by atoms with Crippen LogP contribution in [0.3, 0.4) is 0 Å². The third-order valence-electron chi connectivity index (χ3n) is 3.75. The van der Waals surface area contributed by atoms with Crippen LogP contribution < -0.4 is 10.6 Å². The number of benzene rings is 1. The van der Waals surface area contributed by atoms with Gasteiger partial charge in [-0.25, -0.2) is 0 Å². The molecule has 1 aromatic rings. The van der Waals surface area contributed by atoms with E-state index in [-0.39, 0.29) is 0 Å². The molecule has 1 radical (unpaired) electrons. The molecule has 2 aliphatic heterocycles. The van der Waals surface area contributed by atoms with Gasteiger partial charge in [-0.1, -0.05) is 24.3 Å². The van der Waals surface area contributed by atoms with E-state index in [0.29, 0.717) is 6.04 Å². The zero-order valence-electron chi connectivity index (χ0n) is 10.4. The van der Waals surface area contributed by atoms with E-state index in [1.165, 1.54) is 17.3 Å². The van der Waals surface area contributed by atoms with E-state index in [4.69, 9.17) is 0 Å². The fourth-order valence-corrected chi connectivity index (χ4v) is 2.81. The van der Waals surface area contributed by atoms with Crippen molar-refractivity contribution in [3.63, 3.8) is 0 Å². The van der Waals surface area contributed by atoms with Gasteiger partial charge in [-0.3, -0.25) is 10.2 Å². The van der Waals surface area contributed by atoms with E-state index in [0.717, 1.165) is 32.6 Å². The predicted octanol–water partition coefficient (Wildman–Crippen LogP) is 0.964. The molecule has 3 rings (SSSR count). The van der Waals surface area contributed by atoms with Crippen LogP contribution in [-0.4, -0.2) is 37.1 Å². The Labute approximate surface area is 103 Å². The van der Waals surface area contributed by atoms with E-state index in [1.54, 1.807) is 0 Å². The normalized spacial score (nSPS) is 26.8. The predicted molar refractivity (Wildman–Crippen MR) is 69.5 cm³/mol. The summed E-state index contributed by atoms with van der Waals surface area (Å²) in [5, 5.41) is 7.03. The minimum Gasteiger partial charge on any atom is -0.314 e. The third kappa shape index (κ3) is 2.10. The van der Waals surface area contributed by atoms with Gasteiger partial charge in [0.25, 0.3) is 0 Å². The first-order valence-corrected chi connectivity index (χ1v) is 6.53. The molecule has 0 aromatic heterocycles. The Bertz CT molecular complexity index is 391. The second-order valence-corrected chi connectivity index (χ2v) is 4.93. The lowest BCUT2D eigenvalue weighted by atomic mass is 9.96. The number of nitrogens with zero attached hydrogens (tertiary/aromatic N) is 1. The molecular weight excluding hydrogens is 210 g/mol. The van der Waals surface area contributed by atoms with Crippen molar-refractivity contribution >= 4 is 0 Å². The molecule has 1 unspecified atom stereocenters. The molecule has 17 heavy (non-hydrogen) atoms. The van der Waals surface area contributed by atoms with Gasteiger partial charge < -0.3 is 5.32 Å². The molecular formula is C14H20N3. The van der Waals surface area contributed by atoms with Crippen molar-refractivity contribution in [2.45, 2.75) is 19.4 Å². The Hall–Kier alpha value is -0.900. The van der Waals surface area contributed by atoms with Gasteiger partial charge >= 0.3 is 0 Å². The average molecular weight is 230 g/mol. The number of nitrogens with one attached hydrogen (secondary N) is 2. The third-order valence-corrected chi connectivity index (χ3v) is 3.75. The highest BCUT2D eigenvalue weighted by atomic mass is 15.3. The standard InChI is InChI=1S/C14H20N3/c1-11-10-15-8-9-17(11)14-13-5-3-2-4-12(13)6-7-16-14/h2-5,11,15-16H,6-10H2,1H3. The van der Waals surface area contributed by atoms with E-state index in [2.05, 4.69) is 46.7 Å². The first-order chi connectivity index (χ1) is 8.36. The Morgan fingerprint density at radius 3 is 3.00 bits per heavy atom. The van der Waals surface area contributed by atoms with E-state index >= 15 is 0 Å². The van der Waals surface area contributed by atoms with Crippen molar-refractivity contribution in [3.05, 3.63) is 41.6 Å². The number of fused-ring (bicyclic) bond motifs is 1. The maximum Gasteiger partial charge on any atom is 0.135 e. The number of rotatable bonds is 1. The number of piperazine rings is 1. The highest BCUT2D eigenvalue weighted by Crippen LogP contribution is 2.26. The van der Waals surface area contributed by atoms with Crippen LogP contribution in [0.15, 0.2) is 24.3 Å². The minimum atomic E-state index is 0.567. The molecule has 3 heteroatoms. The van der Waals surface area contributed by atoms with E-state index < -0.39 is 0 Å². The molecule has 2 N–H and O–H groups in total. The molecule has 91 valence electrons. The average Bonchev–Trinajstić information content (AvgIpc) is 2.39. The quantitative estimate of drug-likeness (QED) is 0.752. The molecule has 0 amide bonds. The maximum absolute atomic E-state index is 3.59. The van der Waals surface area contributed by atoms with Gasteiger partial charge in [0, 0.05) is 32.2 Å². The summed E-state index contributed by atoms with van der Waals surface area (Å²) in [6.45, 7) is 6.60. The molecule has 1 aromatic carbocycles. The van der Waals surface area contributed by atoms with Crippen molar-refractivity contribution in [1.82, 2.24) is 15.5 Å². The van der Waals surface area contributed by atoms with Crippen LogP contribution in [0.5, 0.6) is 0 Å². The van der Waals surface area contributed by atoms with Gasteiger partial charge in [0.1, 0.15) is 6.17 Å². The summed E-state index contributed by atoms with van der Waals surface area (Å²) >= 11 is 0. The second-order valence-electron chi connectivity index (χ2n) is 4.93. The summed E-state index contributed by atoms with van der Waals surface area (Å²) in [5.41, 5.74) is 2.87. The van der Waals surface area contributed by atoms with Crippen molar-refractivity contribution in [3.8, 4) is 0 Å². The highest BCUT2D eigenvalue weighted by molar-refractivity contribution is 5.40. The molecule has 2 heterocycles. The molecule has 3 nitrogen and oxygen atoms in total. The lowest BCUT2D eigenvalue weighted by Gasteiger charge is -2.41. The van der Waals surface area contributed by atoms with Crippen LogP contribution in [0.25, 0.3) is 0 Å². The molecule has 1 atom stereocenters. The first-order valence-electron chi connectivity index (χ1n) is 6.53. The van der Waals surface area contributed by atoms with Crippen LogP contribution in [-0.2, 0) is 6.42 Å². The zero-order valence-corrected chi connectivity index (χ0v) is 10.4. The van der Waals surface area contributed by atoms with Gasteiger partial charge in [0.2, 0.25) is 0 Å². The molecule has 0 bridgehead atoms. The smallest absolute Gasteiger partial charge is 0.135 e. The fourth-order valence-electron chi connectivity index (χ4n) is 2.81. The van der Waals surface area contributed by atoms with Crippen LogP contribution in [0.4, 0.5) is 0 Å². The summed E-state index contributed by atoms with van der Waals surface area (Å²) in [4.78, 5) is 2.51. The fraction of sp³-hybridized carbons (Fsp3) is 0.500. The van der Waals surface area contributed by atoms with Crippen molar-refractivity contribution in [2.75, 3.05) is 26.2 Å². The molecule has 0 aliphatic carbocycles. The van der Waals surface area contributed by atoms with Crippen molar-refractivity contribution in [2.24, 2.45) is 0 Å². The Morgan fingerprint density at radius 2 is 2.12 bits per heavy atom. The van der Waals surface area contributed by atoms with Crippen LogP contribution >= 0.6 is 0 Å². The highest BCUT2D eigenvalue weighted by Gasteiger charge is 2.30. The summed E-state index contributed by atoms with van der Waals surface area (Å²) in [6.07, 6.45) is 2.47. The topological polar surface area (TPSA) is 27.3 Å². The zero-order chi connectivity index (χ0) is 11.7. The maximum atomic E-state index is 3.59. The monoisotopic (exact) mass is 230 g/mol. The molecule has 2 aliphatic rings.